The van der Waals surface area contributed by atoms with Crippen molar-refractivity contribution in [2.24, 2.45) is 21.8 Å². The summed E-state index contributed by atoms with van der Waals surface area (Å²) in [6.07, 6.45) is 5.30. The molecule has 4 bridgehead atoms. The van der Waals surface area contributed by atoms with Crippen molar-refractivity contribution in [3.05, 3.63) is 0 Å². The molecule has 0 saturated heterocycles. The van der Waals surface area contributed by atoms with Gasteiger partial charge < -0.3 is 10.2 Å². The van der Waals surface area contributed by atoms with Gasteiger partial charge in [-0.15, -0.1) is 0 Å². The van der Waals surface area contributed by atoms with Crippen molar-refractivity contribution in [3.8, 4) is 0 Å². The fraction of sp³-hybridized carbons (Fsp3) is 0.833. The average molecular weight is 250 g/mol. The molecule has 0 amide bonds. The molecule has 4 aliphatic carbocycles. The normalized spacial score (nSPS) is 52.6. The smallest absolute Gasteiger partial charge is 0.237 e. The molecule has 0 spiro atoms. The van der Waals surface area contributed by atoms with Crippen LogP contribution in [0.5, 0.6) is 0 Å². The van der Waals surface area contributed by atoms with E-state index in [1.807, 2.05) is 0 Å². The maximum absolute atomic E-state index is 10.7. The Morgan fingerprint density at radius 1 is 0.889 bits per heavy atom. The third-order valence-electron chi connectivity index (χ3n) is 4.88. The minimum absolute atomic E-state index is 0.198. The second-order valence-electron chi connectivity index (χ2n) is 5.93. The zero-order chi connectivity index (χ0) is 13.0. The summed E-state index contributed by atoms with van der Waals surface area (Å²) in [5, 5.41) is 21.5. The molecule has 0 atom stereocenters. The van der Waals surface area contributed by atoms with E-state index < -0.39 is 16.9 Å². The Morgan fingerprint density at radius 3 is 1.61 bits per heavy atom. The number of hydrogen-bond acceptors (Lipinski definition) is 6. The van der Waals surface area contributed by atoms with Gasteiger partial charge >= 0.3 is 0 Å². The van der Waals surface area contributed by atoms with Crippen LogP contribution in [0.2, 0.25) is 0 Å². The molecule has 0 aromatic rings. The van der Waals surface area contributed by atoms with Gasteiger partial charge in [0, 0.05) is 0 Å². The molecule has 4 fully saturated rings. The molecular weight excluding hydrogens is 236 g/mol. The van der Waals surface area contributed by atoms with Gasteiger partial charge in [0.25, 0.3) is 0 Å². The predicted octanol–water partition coefficient (Wildman–Crippen LogP) is 0.0402. The highest BCUT2D eigenvalue weighted by Crippen LogP contribution is 2.63. The Hall–Kier alpha value is -1.32. The fourth-order valence-electron chi connectivity index (χ4n) is 4.60. The van der Waals surface area contributed by atoms with E-state index in [2.05, 4.69) is 9.98 Å². The fourth-order valence-corrected chi connectivity index (χ4v) is 4.60. The minimum Gasteiger partial charge on any atom is -0.385 e. The van der Waals surface area contributed by atoms with Gasteiger partial charge in [0.2, 0.25) is 17.8 Å². The minimum atomic E-state index is -1.81. The van der Waals surface area contributed by atoms with Crippen molar-refractivity contribution >= 4 is 12.2 Å². The Kier molecular flexibility index (Phi) is 2.20. The van der Waals surface area contributed by atoms with Gasteiger partial charge in [-0.25, -0.2) is 9.59 Å². The summed E-state index contributed by atoms with van der Waals surface area (Å²) >= 11 is 0. The van der Waals surface area contributed by atoms with Crippen molar-refractivity contribution in [1.29, 1.82) is 0 Å². The van der Waals surface area contributed by atoms with Gasteiger partial charge in [-0.05, 0) is 43.9 Å². The van der Waals surface area contributed by atoms with Gasteiger partial charge in [0.05, 0.1) is 0 Å². The zero-order valence-corrected chi connectivity index (χ0v) is 9.80. The van der Waals surface area contributed by atoms with E-state index >= 15 is 0 Å². The summed E-state index contributed by atoms with van der Waals surface area (Å²) in [6, 6.07) is 0. The molecule has 0 aromatic carbocycles. The first-order chi connectivity index (χ1) is 8.49. The quantitative estimate of drug-likeness (QED) is 0.534. The number of aliphatic imine (C=N–C) groups is 2. The number of carbonyl (C=O) groups excluding carboxylic acids is 2. The highest BCUT2D eigenvalue weighted by atomic mass is 16.3. The van der Waals surface area contributed by atoms with E-state index in [1.54, 1.807) is 0 Å². The van der Waals surface area contributed by atoms with Crippen LogP contribution in [0.25, 0.3) is 0 Å². The molecule has 0 heterocycles. The number of hydrogen-bond donors (Lipinski definition) is 2. The summed E-state index contributed by atoms with van der Waals surface area (Å²) in [4.78, 5) is 28.4. The van der Waals surface area contributed by atoms with Gasteiger partial charge in [0.1, 0.15) is 11.2 Å². The Labute approximate surface area is 103 Å². The maximum atomic E-state index is 10.7. The van der Waals surface area contributed by atoms with Crippen molar-refractivity contribution in [3.63, 3.8) is 0 Å². The summed E-state index contributed by atoms with van der Waals surface area (Å²) in [7, 11) is 0. The van der Waals surface area contributed by atoms with Crippen molar-refractivity contribution in [2.45, 2.75) is 49.0 Å². The molecule has 0 aliphatic heterocycles. The lowest BCUT2D eigenvalue weighted by molar-refractivity contribution is -0.252. The highest BCUT2D eigenvalue weighted by molar-refractivity contribution is 5.44. The molecule has 4 saturated carbocycles. The largest absolute Gasteiger partial charge is 0.385 e. The molecular formula is C12H14N2O4. The first-order valence-corrected chi connectivity index (χ1v) is 6.11. The third-order valence-corrected chi connectivity index (χ3v) is 4.88. The van der Waals surface area contributed by atoms with Crippen LogP contribution in [0.15, 0.2) is 9.98 Å². The van der Waals surface area contributed by atoms with Crippen LogP contribution < -0.4 is 0 Å². The first-order valence-electron chi connectivity index (χ1n) is 6.11. The van der Waals surface area contributed by atoms with E-state index in [9.17, 15) is 19.8 Å². The molecule has 4 aliphatic rings. The second-order valence-corrected chi connectivity index (χ2v) is 5.93. The SMILES string of the molecule is O=C=NC1(N=C=O)C2(O)CC3CC(C2)CC1(O)C3. The summed E-state index contributed by atoms with van der Waals surface area (Å²) in [5.41, 5.74) is -4.67. The Balaban J connectivity index is 2.22. The maximum Gasteiger partial charge on any atom is 0.237 e. The van der Waals surface area contributed by atoms with Gasteiger partial charge in [-0.1, -0.05) is 0 Å². The van der Waals surface area contributed by atoms with Crippen LogP contribution >= 0.6 is 0 Å². The van der Waals surface area contributed by atoms with Gasteiger partial charge in [-0.2, -0.15) is 9.98 Å². The average Bonchev–Trinajstić information content (AvgIpc) is 2.24. The molecule has 18 heavy (non-hydrogen) atoms. The zero-order valence-electron chi connectivity index (χ0n) is 9.80. The van der Waals surface area contributed by atoms with Crippen LogP contribution in [-0.4, -0.2) is 39.2 Å². The van der Waals surface area contributed by atoms with E-state index in [1.165, 1.54) is 12.2 Å². The van der Waals surface area contributed by atoms with Gasteiger partial charge in [0.15, 0.2) is 0 Å². The number of isocyanates is 2. The number of nitrogens with zero attached hydrogens (tertiary/aromatic N) is 2. The van der Waals surface area contributed by atoms with Crippen LogP contribution in [0.3, 0.4) is 0 Å². The van der Waals surface area contributed by atoms with Gasteiger partial charge in [-0.3, -0.25) is 0 Å². The highest BCUT2D eigenvalue weighted by Gasteiger charge is 2.73. The lowest BCUT2D eigenvalue weighted by atomic mass is 9.47. The van der Waals surface area contributed by atoms with Crippen LogP contribution in [-0.2, 0) is 9.59 Å². The summed E-state index contributed by atoms with van der Waals surface area (Å²) < 4.78 is 0. The second kappa shape index (κ2) is 3.37. The van der Waals surface area contributed by atoms with E-state index in [0.717, 1.165) is 6.42 Å². The van der Waals surface area contributed by atoms with E-state index in [4.69, 9.17) is 0 Å². The van der Waals surface area contributed by atoms with Crippen LogP contribution in [0.1, 0.15) is 32.1 Å². The molecule has 4 rings (SSSR count). The third kappa shape index (κ3) is 1.16. The number of aliphatic hydroxyl groups is 2. The van der Waals surface area contributed by atoms with Crippen molar-refractivity contribution < 1.29 is 19.8 Å². The lowest BCUT2D eigenvalue weighted by Crippen LogP contribution is -2.75. The Bertz CT molecular complexity index is 434. The lowest BCUT2D eigenvalue weighted by Gasteiger charge is -2.64. The van der Waals surface area contributed by atoms with Crippen LogP contribution in [0.4, 0.5) is 0 Å². The first kappa shape index (κ1) is 11.8. The van der Waals surface area contributed by atoms with E-state index in [-0.39, 0.29) is 11.8 Å². The molecule has 2 N–H and O–H groups in total. The topological polar surface area (TPSA) is 99.3 Å². The summed E-state index contributed by atoms with van der Waals surface area (Å²) in [5.74, 6) is 0.397. The standard InChI is InChI=1S/C12H14N2O4/c15-6-13-12(14-7-16)10(17)2-8-1-9(4-10)5-11(12,18)3-8/h8-9,17-18H,1-5H2. The number of rotatable bonds is 2. The summed E-state index contributed by atoms with van der Waals surface area (Å²) in [6.45, 7) is 0. The molecule has 0 radical (unpaired) electrons. The van der Waals surface area contributed by atoms with Crippen molar-refractivity contribution in [1.82, 2.24) is 0 Å². The molecule has 0 aromatic heterocycles. The van der Waals surface area contributed by atoms with Crippen LogP contribution in [0, 0.1) is 11.8 Å². The van der Waals surface area contributed by atoms with Crippen molar-refractivity contribution in [2.75, 3.05) is 0 Å². The monoisotopic (exact) mass is 250 g/mol. The van der Waals surface area contributed by atoms with E-state index in [0.29, 0.717) is 25.7 Å². The molecule has 0 unspecified atom stereocenters. The molecule has 96 valence electrons. The Morgan fingerprint density at radius 2 is 1.28 bits per heavy atom. The molecule has 6 nitrogen and oxygen atoms in total. The predicted molar refractivity (Wildman–Crippen MR) is 58.9 cm³/mol. The molecule has 6 heteroatoms.